The van der Waals surface area contributed by atoms with Crippen molar-refractivity contribution in [3.63, 3.8) is 0 Å². The molecule has 0 spiro atoms. The molecule has 2 nitrogen and oxygen atoms in total. The van der Waals surface area contributed by atoms with Gasteiger partial charge in [0, 0.05) is 0 Å². The van der Waals surface area contributed by atoms with Crippen molar-refractivity contribution < 1.29 is 4.79 Å². The van der Waals surface area contributed by atoms with Gasteiger partial charge in [-0.15, -0.1) is 0 Å². The Kier molecular flexibility index (Phi) is 2.71. The van der Waals surface area contributed by atoms with E-state index in [2.05, 4.69) is 0 Å². The smallest absolute Gasteiger partial charge is 0.250 e. The van der Waals surface area contributed by atoms with E-state index >= 15 is 0 Å². The van der Waals surface area contributed by atoms with Crippen LogP contribution < -0.4 is 5.73 Å². The van der Waals surface area contributed by atoms with Crippen molar-refractivity contribution in [3.8, 4) is 0 Å². The molecule has 1 amide bonds. The predicted molar refractivity (Wildman–Crippen MR) is 49.3 cm³/mol. The summed E-state index contributed by atoms with van der Waals surface area (Å²) in [5.41, 5.74) is 6.57. The second-order valence-corrected chi connectivity index (χ2v) is 2.94. The molecule has 1 rings (SSSR count). The van der Waals surface area contributed by atoms with Crippen LogP contribution in [0.25, 0.3) is 0 Å². The van der Waals surface area contributed by atoms with Crippen LogP contribution >= 0.6 is 11.6 Å². The molecule has 2 N–H and O–H groups in total. The van der Waals surface area contributed by atoms with Gasteiger partial charge in [-0.3, -0.25) is 4.79 Å². The van der Waals surface area contributed by atoms with Crippen molar-refractivity contribution in [1.82, 2.24) is 0 Å². The minimum absolute atomic E-state index is 0.383. The van der Waals surface area contributed by atoms with Gasteiger partial charge >= 0.3 is 0 Å². The van der Waals surface area contributed by atoms with Gasteiger partial charge in [0.15, 0.2) is 0 Å². The first-order valence-corrected chi connectivity index (χ1v) is 4.11. The second kappa shape index (κ2) is 3.59. The normalized spacial score (nSPS) is 9.83. The van der Waals surface area contributed by atoms with Crippen LogP contribution in [0.2, 0.25) is 5.02 Å². The average molecular weight is 184 g/mol. The van der Waals surface area contributed by atoms with E-state index in [9.17, 15) is 4.79 Å². The molecule has 0 saturated heterocycles. The maximum atomic E-state index is 10.8. The monoisotopic (exact) mass is 183 g/mol. The molecule has 0 aliphatic carbocycles. The number of hydrogen-bond acceptors (Lipinski definition) is 1. The van der Waals surface area contributed by atoms with Crippen molar-refractivity contribution in [2.45, 2.75) is 13.3 Å². The number of rotatable bonds is 2. The van der Waals surface area contributed by atoms with Gasteiger partial charge < -0.3 is 5.73 Å². The van der Waals surface area contributed by atoms with E-state index in [1.165, 1.54) is 0 Å². The van der Waals surface area contributed by atoms with Crippen LogP contribution in [0, 0.1) is 0 Å². The van der Waals surface area contributed by atoms with Crippen molar-refractivity contribution in [1.29, 1.82) is 0 Å². The van der Waals surface area contributed by atoms with Crippen LogP contribution in [0.3, 0.4) is 0 Å². The lowest BCUT2D eigenvalue weighted by Gasteiger charge is -2.01. The summed E-state index contributed by atoms with van der Waals surface area (Å²) in [6.07, 6.45) is 0.902. The van der Waals surface area contributed by atoms with E-state index in [-0.39, 0.29) is 0 Å². The van der Waals surface area contributed by atoms with Gasteiger partial charge in [-0.2, -0.15) is 0 Å². The highest BCUT2D eigenvalue weighted by atomic mass is 35.5. The van der Waals surface area contributed by atoms with Gasteiger partial charge in [-0.1, -0.05) is 24.6 Å². The fourth-order valence-electron chi connectivity index (χ4n) is 0.978. The summed E-state index contributed by atoms with van der Waals surface area (Å²) in [4.78, 5) is 10.8. The molecule has 1 aromatic rings. The Labute approximate surface area is 76.3 Å². The fraction of sp³-hybridized carbons (Fsp3) is 0.222. The number of benzene rings is 1. The molecule has 0 radical (unpaired) electrons. The molecule has 64 valence electrons. The largest absolute Gasteiger partial charge is 0.366 e. The van der Waals surface area contributed by atoms with E-state index < -0.39 is 5.91 Å². The number of amides is 1. The van der Waals surface area contributed by atoms with Gasteiger partial charge in [-0.25, -0.2) is 0 Å². The maximum Gasteiger partial charge on any atom is 0.250 e. The minimum Gasteiger partial charge on any atom is -0.366 e. The van der Waals surface area contributed by atoms with E-state index in [1.807, 2.05) is 13.0 Å². The fourth-order valence-corrected chi connectivity index (χ4v) is 1.27. The number of carbonyl (C=O) groups is 1. The van der Waals surface area contributed by atoms with Gasteiger partial charge in [0.2, 0.25) is 5.91 Å². The highest BCUT2D eigenvalue weighted by molar-refractivity contribution is 6.33. The molecule has 0 aliphatic rings. The molecule has 0 bridgehead atoms. The van der Waals surface area contributed by atoms with Crippen LogP contribution in [-0.2, 0) is 6.42 Å². The lowest BCUT2D eigenvalue weighted by Crippen LogP contribution is -2.11. The highest BCUT2D eigenvalue weighted by Gasteiger charge is 2.05. The summed E-state index contributed by atoms with van der Waals surface area (Å²) in [5, 5.41) is 0.432. The number of nitrogens with two attached hydrogens (primary N) is 1. The summed E-state index contributed by atoms with van der Waals surface area (Å²) < 4.78 is 0. The molecular formula is C9H10ClNO. The maximum absolute atomic E-state index is 10.8. The first-order chi connectivity index (χ1) is 5.65. The van der Waals surface area contributed by atoms with Crippen LogP contribution in [0.1, 0.15) is 22.8 Å². The Bertz CT molecular complexity index is 309. The standard InChI is InChI=1S/C9H10ClNO/c1-2-6-3-4-7(9(11)12)8(10)5-6/h3-5H,2H2,1H3,(H2,11,12). The number of carbonyl (C=O) groups excluding carboxylic acids is 1. The van der Waals surface area contributed by atoms with E-state index in [4.69, 9.17) is 17.3 Å². The van der Waals surface area contributed by atoms with Crippen LogP contribution in [0.15, 0.2) is 18.2 Å². The summed E-state index contributed by atoms with van der Waals surface area (Å²) in [6, 6.07) is 5.27. The summed E-state index contributed by atoms with van der Waals surface area (Å²) in [6.45, 7) is 2.02. The average Bonchev–Trinajstić information content (AvgIpc) is 2.03. The van der Waals surface area contributed by atoms with Crippen molar-refractivity contribution in [2.24, 2.45) is 5.73 Å². The molecule has 0 aromatic heterocycles. The number of aryl methyl sites for hydroxylation is 1. The van der Waals surface area contributed by atoms with Gasteiger partial charge in [0.25, 0.3) is 0 Å². The SMILES string of the molecule is CCc1ccc(C(N)=O)c(Cl)c1. The summed E-state index contributed by atoms with van der Waals surface area (Å²) in [5.74, 6) is -0.484. The number of primary amides is 1. The predicted octanol–water partition coefficient (Wildman–Crippen LogP) is 2.00. The lowest BCUT2D eigenvalue weighted by atomic mass is 10.1. The zero-order valence-corrected chi connectivity index (χ0v) is 7.56. The van der Waals surface area contributed by atoms with Crippen LogP contribution in [-0.4, -0.2) is 5.91 Å². The zero-order chi connectivity index (χ0) is 9.14. The molecule has 0 aliphatic heterocycles. The molecule has 1 aromatic carbocycles. The molecule has 12 heavy (non-hydrogen) atoms. The Hall–Kier alpha value is -1.02. The van der Waals surface area contributed by atoms with Gasteiger partial charge in [0.05, 0.1) is 10.6 Å². The topological polar surface area (TPSA) is 43.1 Å². The van der Waals surface area contributed by atoms with Crippen LogP contribution in [0.4, 0.5) is 0 Å². The highest BCUT2D eigenvalue weighted by Crippen LogP contribution is 2.17. The van der Waals surface area contributed by atoms with E-state index in [0.717, 1.165) is 12.0 Å². The summed E-state index contributed by atoms with van der Waals surface area (Å²) in [7, 11) is 0. The van der Waals surface area contributed by atoms with Crippen molar-refractivity contribution in [2.75, 3.05) is 0 Å². The molecule has 0 saturated carbocycles. The molecule has 0 atom stereocenters. The van der Waals surface area contributed by atoms with E-state index in [1.54, 1.807) is 12.1 Å². The Morgan fingerprint density at radius 2 is 2.25 bits per heavy atom. The number of hydrogen-bond donors (Lipinski definition) is 1. The van der Waals surface area contributed by atoms with Crippen molar-refractivity contribution >= 4 is 17.5 Å². The minimum atomic E-state index is -0.484. The Balaban J connectivity index is 3.12. The second-order valence-electron chi connectivity index (χ2n) is 2.53. The summed E-state index contributed by atoms with van der Waals surface area (Å²) >= 11 is 5.80. The van der Waals surface area contributed by atoms with Crippen LogP contribution in [0.5, 0.6) is 0 Å². The van der Waals surface area contributed by atoms with Gasteiger partial charge in [0.1, 0.15) is 0 Å². The first-order valence-electron chi connectivity index (χ1n) is 3.73. The molecule has 0 unspecified atom stereocenters. The lowest BCUT2D eigenvalue weighted by molar-refractivity contribution is 0.100. The molecule has 0 fully saturated rings. The Morgan fingerprint density at radius 3 is 2.67 bits per heavy atom. The molecular weight excluding hydrogens is 174 g/mol. The third-order valence-electron chi connectivity index (χ3n) is 1.71. The third-order valence-corrected chi connectivity index (χ3v) is 2.02. The molecule has 0 heterocycles. The van der Waals surface area contributed by atoms with Gasteiger partial charge in [-0.05, 0) is 24.1 Å². The Morgan fingerprint density at radius 1 is 1.58 bits per heavy atom. The third kappa shape index (κ3) is 1.77. The van der Waals surface area contributed by atoms with Crippen molar-refractivity contribution in [3.05, 3.63) is 34.3 Å². The zero-order valence-electron chi connectivity index (χ0n) is 6.80. The van der Waals surface area contributed by atoms with E-state index in [0.29, 0.717) is 10.6 Å². The molecule has 3 heteroatoms. The first kappa shape index (κ1) is 9.07. The quantitative estimate of drug-likeness (QED) is 0.749. The number of halogens is 1.